The van der Waals surface area contributed by atoms with Crippen molar-refractivity contribution in [1.29, 1.82) is 0 Å². The van der Waals surface area contributed by atoms with Crippen LogP contribution in [0, 0.1) is 0 Å². The largest absolute Gasteiger partial charge is 0.493 e. The molecule has 1 aliphatic heterocycles. The highest BCUT2D eigenvalue weighted by Gasteiger charge is 2.18. The van der Waals surface area contributed by atoms with Crippen LogP contribution in [0.3, 0.4) is 0 Å². The molecule has 0 radical (unpaired) electrons. The third kappa shape index (κ3) is 11.2. The Morgan fingerprint density at radius 1 is 0.440 bits per heavy atom. The van der Waals surface area contributed by atoms with Crippen molar-refractivity contribution in [3.05, 3.63) is 186 Å². The first-order chi connectivity index (χ1) is 24.8. The second-order valence-corrected chi connectivity index (χ2v) is 11.4. The summed E-state index contributed by atoms with van der Waals surface area (Å²) in [6.07, 6.45) is 1.98. The van der Waals surface area contributed by atoms with Gasteiger partial charge < -0.3 is 23.7 Å². The molecule has 5 nitrogen and oxygen atoms in total. The van der Waals surface area contributed by atoms with Gasteiger partial charge in [-0.05, 0) is 47.2 Å². The molecule has 0 unspecified atom stereocenters. The van der Waals surface area contributed by atoms with E-state index in [1.165, 1.54) is 0 Å². The fourth-order valence-corrected chi connectivity index (χ4v) is 5.25. The average Bonchev–Trinajstić information content (AvgIpc) is 3.20. The van der Waals surface area contributed by atoms with Gasteiger partial charge in [0.15, 0.2) is 11.5 Å². The number of fused-ring (bicyclic) bond motifs is 1. The lowest BCUT2D eigenvalue weighted by molar-refractivity contribution is 0.256. The standard InChI is InChI=1S/C23H22O3.C20H18O2.C2H6/c1-3-8-18(9-4-1)16-25-20-14-22-21(12-7-13-24-22)23(15-20)26-17-19-10-5-2-6-11-19;1-3-9-17(10-4-1)15-21-19-13-7-8-14-20(19)22-16-18-11-5-2-6-12-18;1-2/h1-6,8-11,14-15H,7,12-13,16-17H2;1-14H,15-16H2;1-2H3. The van der Waals surface area contributed by atoms with Crippen molar-refractivity contribution < 1.29 is 23.7 Å². The van der Waals surface area contributed by atoms with E-state index in [1.807, 2.05) is 147 Å². The molecule has 256 valence electrons. The van der Waals surface area contributed by atoms with Crippen LogP contribution in [0.5, 0.6) is 28.7 Å². The molecule has 0 atom stereocenters. The van der Waals surface area contributed by atoms with Gasteiger partial charge in [-0.25, -0.2) is 0 Å². The van der Waals surface area contributed by atoms with Crippen molar-refractivity contribution in [3.63, 3.8) is 0 Å². The number of para-hydroxylation sites is 2. The Hall–Kier alpha value is -5.68. The number of hydrogen-bond donors (Lipinski definition) is 0. The molecule has 0 fully saturated rings. The zero-order valence-electron chi connectivity index (χ0n) is 29.0. The highest BCUT2D eigenvalue weighted by molar-refractivity contribution is 5.51. The van der Waals surface area contributed by atoms with E-state index in [9.17, 15) is 0 Å². The van der Waals surface area contributed by atoms with Gasteiger partial charge in [-0.1, -0.05) is 147 Å². The van der Waals surface area contributed by atoms with Crippen LogP contribution in [-0.4, -0.2) is 6.61 Å². The average molecular weight is 667 g/mol. The van der Waals surface area contributed by atoms with Crippen molar-refractivity contribution in [2.75, 3.05) is 6.61 Å². The predicted molar refractivity (Wildman–Crippen MR) is 201 cm³/mol. The maximum Gasteiger partial charge on any atom is 0.161 e. The van der Waals surface area contributed by atoms with E-state index in [4.69, 9.17) is 23.7 Å². The second kappa shape index (κ2) is 20.0. The van der Waals surface area contributed by atoms with Gasteiger partial charge in [-0.2, -0.15) is 0 Å². The van der Waals surface area contributed by atoms with Crippen LogP contribution in [0.2, 0.25) is 0 Å². The summed E-state index contributed by atoms with van der Waals surface area (Å²) < 4.78 is 29.7. The quantitative estimate of drug-likeness (QED) is 0.130. The molecule has 0 bridgehead atoms. The zero-order valence-corrected chi connectivity index (χ0v) is 29.0. The molecular formula is C45H46O5. The molecule has 0 aliphatic carbocycles. The SMILES string of the molecule is CC.c1ccc(COc2cc3c(c(OCc4ccccc4)c2)CCCO3)cc1.c1ccc(COc2ccccc2OCc2ccccc2)cc1. The first kappa shape index (κ1) is 35.6. The number of benzene rings is 6. The lowest BCUT2D eigenvalue weighted by atomic mass is 10.0. The van der Waals surface area contributed by atoms with Gasteiger partial charge in [0.05, 0.1) is 6.61 Å². The fraction of sp³-hybridized carbons (Fsp3) is 0.200. The molecule has 0 saturated carbocycles. The maximum absolute atomic E-state index is 6.12. The molecule has 0 saturated heterocycles. The van der Waals surface area contributed by atoms with Gasteiger partial charge in [0.1, 0.15) is 43.7 Å². The summed E-state index contributed by atoms with van der Waals surface area (Å²) >= 11 is 0. The normalized spacial score (nSPS) is 11.2. The molecular weight excluding hydrogens is 620 g/mol. The summed E-state index contributed by atoms with van der Waals surface area (Å²) in [5.41, 5.74) is 5.70. The van der Waals surface area contributed by atoms with Crippen LogP contribution in [0.4, 0.5) is 0 Å². The molecule has 6 aromatic rings. The molecule has 0 N–H and O–H groups in total. The van der Waals surface area contributed by atoms with Gasteiger partial charge >= 0.3 is 0 Å². The Kier molecular flexibility index (Phi) is 14.2. The molecule has 0 spiro atoms. The smallest absolute Gasteiger partial charge is 0.161 e. The minimum absolute atomic E-state index is 0.526. The Morgan fingerprint density at radius 2 is 0.820 bits per heavy atom. The minimum atomic E-state index is 0.526. The van der Waals surface area contributed by atoms with E-state index >= 15 is 0 Å². The molecule has 5 heteroatoms. The van der Waals surface area contributed by atoms with Crippen molar-refractivity contribution in [1.82, 2.24) is 0 Å². The summed E-state index contributed by atoms with van der Waals surface area (Å²) in [6, 6.07) is 52.3. The fourth-order valence-electron chi connectivity index (χ4n) is 5.25. The highest BCUT2D eigenvalue weighted by atomic mass is 16.5. The summed E-state index contributed by atoms with van der Waals surface area (Å²) in [6.45, 7) is 6.87. The van der Waals surface area contributed by atoms with Gasteiger partial charge in [0.25, 0.3) is 0 Å². The van der Waals surface area contributed by atoms with Crippen molar-refractivity contribution in [2.45, 2.75) is 53.1 Å². The monoisotopic (exact) mass is 666 g/mol. The van der Waals surface area contributed by atoms with Crippen molar-refractivity contribution in [3.8, 4) is 28.7 Å². The molecule has 7 rings (SSSR count). The van der Waals surface area contributed by atoms with E-state index in [0.717, 1.165) is 76.0 Å². The third-order valence-electron chi connectivity index (χ3n) is 7.78. The molecule has 50 heavy (non-hydrogen) atoms. The van der Waals surface area contributed by atoms with Crippen molar-refractivity contribution in [2.24, 2.45) is 0 Å². The van der Waals surface area contributed by atoms with Gasteiger partial charge in [0.2, 0.25) is 0 Å². The van der Waals surface area contributed by atoms with Gasteiger partial charge in [-0.15, -0.1) is 0 Å². The first-order valence-electron chi connectivity index (χ1n) is 17.4. The molecule has 1 heterocycles. The van der Waals surface area contributed by atoms with E-state index in [-0.39, 0.29) is 0 Å². The van der Waals surface area contributed by atoms with Crippen LogP contribution in [0.25, 0.3) is 0 Å². The molecule has 1 aliphatic rings. The Balaban J connectivity index is 0.000000188. The minimum Gasteiger partial charge on any atom is -0.493 e. The Labute approximate surface area is 297 Å². The van der Waals surface area contributed by atoms with E-state index in [0.29, 0.717) is 26.4 Å². The Morgan fingerprint density at radius 3 is 1.26 bits per heavy atom. The van der Waals surface area contributed by atoms with Gasteiger partial charge in [0, 0.05) is 17.7 Å². The topological polar surface area (TPSA) is 46.2 Å². The third-order valence-corrected chi connectivity index (χ3v) is 7.78. The highest BCUT2D eigenvalue weighted by Crippen LogP contribution is 2.38. The lowest BCUT2D eigenvalue weighted by Gasteiger charge is -2.22. The summed E-state index contributed by atoms with van der Waals surface area (Å²) in [5.74, 6) is 4.04. The van der Waals surface area contributed by atoms with Crippen LogP contribution in [0.15, 0.2) is 158 Å². The molecule has 0 aromatic heterocycles. The van der Waals surface area contributed by atoms with Crippen LogP contribution >= 0.6 is 0 Å². The van der Waals surface area contributed by atoms with Crippen LogP contribution in [-0.2, 0) is 32.8 Å². The van der Waals surface area contributed by atoms with E-state index < -0.39 is 0 Å². The summed E-state index contributed by atoms with van der Waals surface area (Å²) in [4.78, 5) is 0. The van der Waals surface area contributed by atoms with Crippen LogP contribution in [0.1, 0.15) is 48.1 Å². The predicted octanol–water partition coefficient (Wildman–Crippen LogP) is 11.0. The summed E-state index contributed by atoms with van der Waals surface area (Å²) in [5, 5.41) is 0. The van der Waals surface area contributed by atoms with E-state index in [1.54, 1.807) is 0 Å². The summed E-state index contributed by atoms with van der Waals surface area (Å²) in [7, 11) is 0. The first-order valence-corrected chi connectivity index (χ1v) is 17.4. The zero-order chi connectivity index (χ0) is 34.6. The van der Waals surface area contributed by atoms with Crippen molar-refractivity contribution >= 4 is 0 Å². The Bertz CT molecular complexity index is 1750. The van der Waals surface area contributed by atoms with E-state index in [2.05, 4.69) is 24.3 Å². The number of ether oxygens (including phenoxy) is 5. The second-order valence-electron chi connectivity index (χ2n) is 11.4. The molecule has 0 amide bonds. The number of rotatable bonds is 12. The van der Waals surface area contributed by atoms with Crippen LogP contribution < -0.4 is 23.7 Å². The molecule has 6 aromatic carbocycles. The maximum atomic E-state index is 6.12. The van der Waals surface area contributed by atoms with Gasteiger partial charge in [-0.3, -0.25) is 0 Å². The lowest BCUT2D eigenvalue weighted by Crippen LogP contribution is -2.11. The number of hydrogen-bond acceptors (Lipinski definition) is 5.